The van der Waals surface area contributed by atoms with Crippen molar-refractivity contribution in [2.75, 3.05) is 25.0 Å². The Kier molecular flexibility index (Phi) is 6.58. The molecule has 4 N–H and O–H groups in total. The molecule has 9 heteroatoms. The van der Waals surface area contributed by atoms with E-state index in [9.17, 15) is 14.4 Å². The van der Waals surface area contributed by atoms with Crippen LogP contribution in [0, 0.1) is 5.92 Å². The van der Waals surface area contributed by atoms with Gasteiger partial charge in [0, 0.05) is 23.4 Å². The molecule has 4 rings (SSSR count). The molecule has 166 valence electrons. The summed E-state index contributed by atoms with van der Waals surface area (Å²) in [4.78, 5) is 37.9. The van der Waals surface area contributed by atoms with Gasteiger partial charge in [0.15, 0.2) is 0 Å². The first-order chi connectivity index (χ1) is 15.5. The lowest BCUT2D eigenvalue weighted by atomic mass is 9.95. The highest BCUT2D eigenvalue weighted by molar-refractivity contribution is 5.92. The van der Waals surface area contributed by atoms with Crippen LogP contribution < -0.4 is 16.4 Å². The number of H-pyrrole nitrogens is 1. The number of carbonyl (C=O) groups excluding carboxylic acids is 2. The highest BCUT2D eigenvalue weighted by Gasteiger charge is 2.26. The number of anilines is 1. The molecule has 0 spiro atoms. The van der Waals surface area contributed by atoms with Crippen LogP contribution in [0.4, 0.5) is 5.69 Å². The second-order valence-corrected chi connectivity index (χ2v) is 8.00. The summed E-state index contributed by atoms with van der Waals surface area (Å²) in [6.45, 7) is 1.37. The Balaban J connectivity index is 1.40. The third-order valence-corrected chi connectivity index (χ3v) is 5.79. The summed E-state index contributed by atoms with van der Waals surface area (Å²) < 4.78 is 0. The Hall–Kier alpha value is -3.56. The maximum atomic E-state index is 12.7. The summed E-state index contributed by atoms with van der Waals surface area (Å²) in [5, 5.41) is 19.8. The standard InChI is InChI=1S/C23H25N5O4/c29-21(27-32)14-28-10-8-16(9-11-28)22(30)24-17-5-3-4-15(12-17)13-20-18-6-1-2-7-19(18)23(31)26-25-20/h1-7,12,16,32H,8-11,13-14H2,(H,24,30)(H,26,31)(H,27,29). The Morgan fingerprint density at radius 3 is 2.59 bits per heavy atom. The van der Waals surface area contributed by atoms with Gasteiger partial charge in [0.25, 0.3) is 11.5 Å². The lowest BCUT2D eigenvalue weighted by Crippen LogP contribution is -2.42. The number of likely N-dealkylation sites (tertiary alicyclic amines) is 1. The van der Waals surface area contributed by atoms with Crippen LogP contribution in [0.5, 0.6) is 0 Å². The highest BCUT2D eigenvalue weighted by atomic mass is 16.5. The predicted molar refractivity (Wildman–Crippen MR) is 119 cm³/mol. The minimum absolute atomic E-state index is 0.0407. The smallest absolute Gasteiger partial charge is 0.272 e. The molecule has 0 unspecified atom stereocenters. The van der Waals surface area contributed by atoms with Crippen LogP contribution in [0.2, 0.25) is 0 Å². The average molecular weight is 435 g/mol. The zero-order valence-electron chi connectivity index (χ0n) is 17.5. The number of hydrogen-bond acceptors (Lipinski definition) is 6. The van der Waals surface area contributed by atoms with Crippen molar-refractivity contribution in [3.05, 3.63) is 70.1 Å². The van der Waals surface area contributed by atoms with Crippen LogP contribution in [0.25, 0.3) is 10.8 Å². The van der Waals surface area contributed by atoms with Gasteiger partial charge in [-0.15, -0.1) is 0 Å². The number of benzene rings is 2. The highest BCUT2D eigenvalue weighted by Crippen LogP contribution is 2.21. The van der Waals surface area contributed by atoms with Gasteiger partial charge in [-0.25, -0.2) is 10.6 Å². The van der Waals surface area contributed by atoms with Crippen molar-refractivity contribution >= 4 is 28.3 Å². The minimum atomic E-state index is -0.450. The molecule has 2 amide bonds. The van der Waals surface area contributed by atoms with Crippen molar-refractivity contribution in [2.24, 2.45) is 5.92 Å². The molecule has 1 aliphatic heterocycles. The number of fused-ring (bicyclic) bond motifs is 1. The van der Waals surface area contributed by atoms with Crippen LogP contribution >= 0.6 is 0 Å². The lowest BCUT2D eigenvalue weighted by Gasteiger charge is -2.30. The van der Waals surface area contributed by atoms with E-state index < -0.39 is 5.91 Å². The fourth-order valence-electron chi connectivity index (χ4n) is 4.09. The van der Waals surface area contributed by atoms with Crippen LogP contribution in [0.1, 0.15) is 24.1 Å². The second-order valence-electron chi connectivity index (χ2n) is 8.00. The van der Waals surface area contributed by atoms with E-state index in [1.807, 2.05) is 47.4 Å². The monoisotopic (exact) mass is 435 g/mol. The van der Waals surface area contributed by atoms with E-state index in [1.54, 1.807) is 11.5 Å². The number of nitrogens with one attached hydrogen (secondary N) is 3. The average Bonchev–Trinajstić information content (AvgIpc) is 2.81. The largest absolute Gasteiger partial charge is 0.326 e. The van der Waals surface area contributed by atoms with Gasteiger partial charge >= 0.3 is 0 Å². The Labute approximate surface area is 184 Å². The molecule has 0 aliphatic carbocycles. The normalized spacial score (nSPS) is 14.9. The molecule has 9 nitrogen and oxygen atoms in total. The van der Waals surface area contributed by atoms with Gasteiger partial charge in [-0.05, 0) is 49.7 Å². The number of hydrogen-bond donors (Lipinski definition) is 4. The van der Waals surface area contributed by atoms with Crippen LogP contribution in [-0.2, 0) is 16.0 Å². The molecule has 3 aromatic rings. The maximum Gasteiger partial charge on any atom is 0.272 e. The lowest BCUT2D eigenvalue weighted by molar-refractivity contribution is -0.130. The Morgan fingerprint density at radius 1 is 1.09 bits per heavy atom. The molecule has 32 heavy (non-hydrogen) atoms. The number of rotatable bonds is 6. The zero-order valence-corrected chi connectivity index (χ0v) is 17.5. The van der Waals surface area contributed by atoms with Gasteiger partial charge in [-0.2, -0.15) is 5.10 Å². The third kappa shape index (κ3) is 5.01. The predicted octanol–water partition coefficient (Wildman–Crippen LogP) is 1.67. The molecule has 0 bridgehead atoms. The summed E-state index contributed by atoms with van der Waals surface area (Å²) in [6, 6.07) is 15.0. The summed E-state index contributed by atoms with van der Waals surface area (Å²) >= 11 is 0. The molecule has 2 aromatic carbocycles. The SMILES string of the molecule is O=C(CN1CCC(C(=O)Nc2cccc(Cc3n[nH]c(=O)c4ccccc34)c2)CC1)NO. The van der Waals surface area contributed by atoms with E-state index in [-0.39, 0.29) is 23.9 Å². The second kappa shape index (κ2) is 9.71. The van der Waals surface area contributed by atoms with Crippen molar-refractivity contribution < 1.29 is 14.8 Å². The van der Waals surface area contributed by atoms with Gasteiger partial charge < -0.3 is 5.32 Å². The van der Waals surface area contributed by atoms with Gasteiger partial charge in [-0.3, -0.25) is 24.5 Å². The van der Waals surface area contributed by atoms with E-state index in [0.717, 1.165) is 16.6 Å². The van der Waals surface area contributed by atoms with E-state index >= 15 is 0 Å². The molecule has 1 aliphatic rings. The van der Waals surface area contributed by atoms with Gasteiger partial charge in [0.05, 0.1) is 17.6 Å². The molecule has 0 saturated carbocycles. The van der Waals surface area contributed by atoms with E-state index in [0.29, 0.717) is 43.4 Å². The number of aromatic amines is 1. The fraction of sp³-hybridized carbons (Fsp3) is 0.304. The molecule has 1 fully saturated rings. The van der Waals surface area contributed by atoms with Gasteiger partial charge in [0.1, 0.15) is 0 Å². The molecule has 1 aromatic heterocycles. The maximum absolute atomic E-state index is 12.7. The number of hydroxylamine groups is 1. The first-order valence-corrected chi connectivity index (χ1v) is 10.5. The summed E-state index contributed by atoms with van der Waals surface area (Å²) in [6.07, 6.45) is 1.82. The molecule has 2 heterocycles. The Bertz CT molecular complexity index is 1180. The number of aromatic nitrogens is 2. The number of carbonyl (C=O) groups is 2. The molecular formula is C23H25N5O4. The molecule has 1 saturated heterocycles. The first kappa shape index (κ1) is 21.7. The van der Waals surface area contributed by atoms with Gasteiger partial charge in [-0.1, -0.05) is 30.3 Å². The Morgan fingerprint density at radius 2 is 1.84 bits per heavy atom. The summed E-state index contributed by atoms with van der Waals surface area (Å²) in [5.74, 6) is -0.618. The molecule has 0 radical (unpaired) electrons. The van der Waals surface area contributed by atoms with Crippen molar-refractivity contribution in [1.82, 2.24) is 20.6 Å². The van der Waals surface area contributed by atoms with Crippen molar-refractivity contribution in [1.29, 1.82) is 0 Å². The first-order valence-electron chi connectivity index (χ1n) is 10.5. The van der Waals surface area contributed by atoms with Crippen molar-refractivity contribution in [2.45, 2.75) is 19.3 Å². The van der Waals surface area contributed by atoms with Crippen molar-refractivity contribution in [3.8, 4) is 0 Å². The fourth-order valence-corrected chi connectivity index (χ4v) is 4.09. The van der Waals surface area contributed by atoms with Gasteiger partial charge in [0.2, 0.25) is 5.91 Å². The van der Waals surface area contributed by atoms with E-state index in [1.165, 1.54) is 0 Å². The molecule has 0 atom stereocenters. The zero-order chi connectivity index (χ0) is 22.5. The number of nitrogens with zero attached hydrogens (tertiary/aromatic N) is 2. The van der Waals surface area contributed by atoms with E-state index in [2.05, 4.69) is 15.5 Å². The molecular weight excluding hydrogens is 410 g/mol. The third-order valence-electron chi connectivity index (χ3n) is 5.79. The van der Waals surface area contributed by atoms with Crippen LogP contribution in [0.15, 0.2) is 53.3 Å². The summed E-state index contributed by atoms with van der Waals surface area (Å²) in [5.41, 5.74) is 3.87. The van der Waals surface area contributed by atoms with Crippen LogP contribution in [-0.4, -0.2) is 51.8 Å². The number of piperidine rings is 1. The minimum Gasteiger partial charge on any atom is -0.326 e. The van der Waals surface area contributed by atoms with Crippen molar-refractivity contribution in [3.63, 3.8) is 0 Å². The number of amides is 2. The van der Waals surface area contributed by atoms with E-state index in [4.69, 9.17) is 5.21 Å². The summed E-state index contributed by atoms with van der Waals surface area (Å²) in [7, 11) is 0. The van der Waals surface area contributed by atoms with Crippen LogP contribution in [0.3, 0.4) is 0 Å². The topological polar surface area (TPSA) is 127 Å². The quantitative estimate of drug-likeness (QED) is 0.345.